The zero-order valence-corrected chi connectivity index (χ0v) is 27.8. The van der Waals surface area contributed by atoms with Crippen molar-refractivity contribution < 1.29 is 28.7 Å². The molecule has 2 unspecified atom stereocenters. The van der Waals surface area contributed by atoms with Crippen molar-refractivity contribution in [2.75, 3.05) is 14.1 Å². The van der Waals surface area contributed by atoms with Gasteiger partial charge in [-0.1, -0.05) is 58.0 Å². The van der Waals surface area contributed by atoms with E-state index in [1.54, 1.807) is 47.0 Å². The van der Waals surface area contributed by atoms with Crippen molar-refractivity contribution >= 4 is 40.9 Å². The van der Waals surface area contributed by atoms with E-state index in [4.69, 9.17) is 4.74 Å². The highest BCUT2D eigenvalue weighted by Gasteiger charge is 2.41. The van der Waals surface area contributed by atoms with Crippen LogP contribution in [-0.4, -0.2) is 82.7 Å². The molecule has 4 amide bonds. The first-order valence-electron chi connectivity index (χ1n) is 15.0. The number of nitrogens with one attached hydrogen (secondary N) is 2. The fourth-order valence-electron chi connectivity index (χ4n) is 5.12. The van der Waals surface area contributed by atoms with E-state index in [1.165, 1.54) is 28.2 Å². The van der Waals surface area contributed by atoms with Crippen LogP contribution >= 0.6 is 11.3 Å². The molecule has 6 atom stereocenters. The van der Waals surface area contributed by atoms with Crippen molar-refractivity contribution in [2.24, 2.45) is 17.8 Å². The molecule has 44 heavy (non-hydrogen) atoms. The minimum Gasteiger partial charge on any atom is -0.452 e. The Morgan fingerprint density at radius 3 is 2.11 bits per heavy atom. The van der Waals surface area contributed by atoms with Crippen LogP contribution in [0.1, 0.15) is 75.6 Å². The van der Waals surface area contributed by atoms with Crippen LogP contribution in [0.15, 0.2) is 35.7 Å². The summed E-state index contributed by atoms with van der Waals surface area (Å²) in [6.07, 6.45) is -0.929. The molecule has 1 aliphatic rings. The number of cyclic esters (lactones) is 1. The predicted octanol–water partition coefficient (Wildman–Crippen LogP) is 3.21. The molecular weight excluding hydrogens is 582 g/mol. The van der Waals surface area contributed by atoms with E-state index in [-0.39, 0.29) is 18.0 Å². The Bertz CT molecular complexity index is 1350. The average Bonchev–Trinajstić information content (AvgIpc) is 3.48. The van der Waals surface area contributed by atoms with Gasteiger partial charge in [-0.3, -0.25) is 24.0 Å². The van der Waals surface area contributed by atoms with Crippen molar-refractivity contribution in [3.05, 3.63) is 52.0 Å². The lowest BCUT2D eigenvalue weighted by Gasteiger charge is -2.38. The second-order valence-electron chi connectivity index (χ2n) is 12.2. The van der Waals surface area contributed by atoms with Gasteiger partial charge in [0.2, 0.25) is 11.8 Å². The number of fused-ring (bicyclic) bond motifs is 2. The Hall–Kier alpha value is -3.80. The lowest BCUT2D eigenvalue weighted by Crippen LogP contribution is -2.58. The van der Waals surface area contributed by atoms with E-state index >= 15 is 0 Å². The third-order valence-corrected chi connectivity index (χ3v) is 9.12. The van der Waals surface area contributed by atoms with Crippen LogP contribution in [0.3, 0.4) is 0 Å². The Morgan fingerprint density at radius 1 is 0.886 bits per heavy atom. The van der Waals surface area contributed by atoms with Gasteiger partial charge in [0.05, 0.1) is 12.0 Å². The third-order valence-electron chi connectivity index (χ3n) is 8.10. The molecule has 2 heterocycles. The summed E-state index contributed by atoms with van der Waals surface area (Å²) in [4.78, 5) is 75.2. The number of hydrogen-bond acceptors (Lipinski definition) is 8. The van der Waals surface area contributed by atoms with Crippen molar-refractivity contribution in [1.29, 1.82) is 0 Å². The summed E-state index contributed by atoms with van der Waals surface area (Å²) in [6.45, 7) is 12.2. The maximum atomic E-state index is 14.2. The summed E-state index contributed by atoms with van der Waals surface area (Å²) >= 11 is 1.23. The number of thiazole rings is 1. The van der Waals surface area contributed by atoms with Gasteiger partial charge in [-0.25, -0.2) is 4.98 Å². The number of hydrogen-bond donors (Lipinski definition) is 2. The molecule has 0 aliphatic carbocycles. The number of carbonyl (C=O) groups excluding carboxylic acids is 5. The van der Waals surface area contributed by atoms with E-state index in [9.17, 15) is 24.0 Å². The van der Waals surface area contributed by atoms with E-state index in [2.05, 4.69) is 15.6 Å². The number of likely N-dealkylation sites (N-methyl/N-ethyl adjacent to an activating group) is 2. The van der Waals surface area contributed by atoms with Crippen LogP contribution in [0.25, 0.3) is 0 Å². The minimum absolute atomic E-state index is 0.154. The molecule has 1 aliphatic heterocycles. The Labute approximate surface area is 263 Å². The molecule has 2 bridgehead atoms. The van der Waals surface area contributed by atoms with Gasteiger partial charge >= 0.3 is 5.97 Å². The minimum atomic E-state index is -1.16. The van der Waals surface area contributed by atoms with Gasteiger partial charge in [-0.2, -0.15) is 0 Å². The standard InChI is InChI=1S/C32H45N5O6S/c1-17(2)25-30(40)36(8)24(15-22-13-11-10-12-14-22)28(39)34-21(7)29-35-23(16-44-29)27(38)33-20(6)19(5)32(42)43-26(18(3)4)31(41)37(25)9/h10-14,16-21,24-26H,15H2,1-9H3,(H,33,38)(H,34,39)/t19?,20?,21-,24-,25-,26-/m0/s1. The van der Waals surface area contributed by atoms with E-state index in [0.29, 0.717) is 5.01 Å². The second kappa shape index (κ2) is 14.8. The maximum Gasteiger partial charge on any atom is 0.311 e. The number of esters is 1. The number of rotatable bonds is 4. The summed E-state index contributed by atoms with van der Waals surface area (Å²) in [5.74, 6) is -3.95. The molecule has 240 valence electrons. The highest BCUT2D eigenvalue weighted by molar-refractivity contribution is 7.09. The van der Waals surface area contributed by atoms with E-state index in [0.717, 1.165) is 5.56 Å². The van der Waals surface area contributed by atoms with E-state index < -0.39 is 71.7 Å². The fraction of sp³-hybridized carbons (Fsp3) is 0.562. The zero-order chi connectivity index (χ0) is 32.9. The topological polar surface area (TPSA) is 138 Å². The molecular formula is C32H45N5O6S. The molecule has 3 rings (SSSR count). The predicted molar refractivity (Wildman–Crippen MR) is 168 cm³/mol. The number of aromatic nitrogens is 1. The first-order valence-corrected chi connectivity index (χ1v) is 15.9. The van der Waals surface area contributed by atoms with Crippen LogP contribution < -0.4 is 10.6 Å². The highest BCUT2D eigenvalue weighted by Crippen LogP contribution is 2.23. The SMILES string of the molecule is CC1NC(=O)c2csc(n2)[C@H](C)NC(=O)[C@H](Cc2ccccc2)N(C)C(=O)[C@H](C(C)C)N(C)C(=O)[C@H](C(C)C)OC(=O)C1C. The van der Waals surface area contributed by atoms with Crippen molar-refractivity contribution in [1.82, 2.24) is 25.4 Å². The fourth-order valence-corrected chi connectivity index (χ4v) is 5.92. The molecule has 0 saturated heterocycles. The number of amides is 4. The number of ether oxygens (including phenoxy) is 1. The van der Waals surface area contributed by atoms with Crippen LogP contribution in [0.4, 0.5) is 0 Å². The molecule has 2 aromatic rings. The molecule has 1 aromatic heterocycles. The molecule has 0 fully saturated rings. The van der Waals surface area contributed by atoms with Gasteiger partial charge in [-0.05, 0) is 38.2 Å². The van der Waals surface area contributed by atoms with Crippen molar-refractivity contribution in [3.63, 3.8) is 0 Å². The lowest BCUT2D eigenvalue weighted by atomic mass is 9.96. The summed E-state index contributed by atoms with van der Waals surface area (Å²) in [6, 6.07) is 6.33. The zero-order valence-electron chi connectivity index (χ0n) is 27.0. The summed E-state index contributed by atoms with van der Waals surface area (Å²) in [5, 5.41) is 7.87. The van der Waals surface area contributed by atoms with Crippen LogP contribution in [0.2, 0.25) is 0 Å². The quantitative estimate of drug-likeness (QED) is 0.497. The highest BCUT2D eigenvalue weighted by atomic mass is 32.1. The van der Waals surface area contributed by atoms with Crippen molar-refractivity contribution in [3.8, 4) is 0 Å². The largest absolute Gasteiger partial charge is 0.452 e. The Morgan fingerprint density at radius 2 is 1.52 bits per heavy atom. The maximum absolute atomic E-state index is 14.2. The average molecular weight is 628 g/mol. The second-order valence-corrected chi connectivity index (χ2v) is 13.1. The van der Waals surface area contributed by atoms with Gasteiger partial charge in [0, 0.05) is 31.9 Å². The third kappa shape index (κ3) is 8.02. The summed E-state index contributed by atoms with van der Waals surface area (Å²) in [5.41, 5.74) is 1.01. The normalized spacial score (nSPS) is 26.6. The smallest absolute Gasteiger partial charge is 0.311 e. The molecule has 0 spiro atoms. The number of benzene rings is 1. The number of carbonyl (C=O) groups is 5. The van der Waals surface area contributed by atoms with Gasteiger partial charge in [0.1, 0.15) is 22.8 Å². The molecule has 0 saturated carbocycles. The lowest BCUT2D eigenvalue weighted by molar-refractivity contribution is -0.169. The number of nitrogens with zero attached hydrogens (tertiary/aromatic N) is 3. The molecule has 12 heteroatoms. The summed E-state index contributed by atoms with van der Waals surface area (Å²) in [7, 11) is 3.08. The van der Waals surface area contributed by atoms with Crippen LogP contribution in [0.5, 0.6) is 0 Å². The molecule has 1 aromatic carbocycles. The van der Waals surface area contributed by atoms with E-state index in [1.807, 2.05) is 44.2 Å². The molecule has 0 radical (unpaired) electrons. The van der Waals surface area contributed by atoms with Crippen LogP contribution in [0, 0.1) is 17.8 Å². The van der Waals surface area contributed by atoms with Gasteiger partial charge in [-0.15, -0.1) is 11.3 Å². The Balaban J connectivity index is 2.09. The molecule has 11 nitrogen and oxygen atoms in total. The Kier molecular flexibility index (Phi) is 11.7. The first-order chi connectivity index (χ1) is 20.6. The van der Waals surface area contributed by atoms with Gasteiger partial charge in [0.15, 0.2) is 6.10 Å². The monoisotopic (exact) mass is 627 g/mol. The van der Waals surface area contributed by atoms with Gasteiger partial charge < -0.3 is 25.2 Å². The van der Waals surface area contributed by atoms with Crippen LogP contribution in [-0.2, 0) is 30.3 Å². The molecule has 2 N–H and O–H groups in total. The van der Waals surface area contributed by atoms with Crippen molar-refractivity contribution in [2.45, 2.75) is 85.2 Å². The summed E-state index contributed by atoms with van der Waals surface area (Å²) < 4.78 is 5.74. The van der Waals surface area contributed by atoms with Gasteiger partial charge in [0.25, 0.3) is 11.8 Å². The first kappa shape index (κ1) is 34.7.